The fraction of sp³-hybridized carbons (Fsp3) is 0.448. The Morgan fingerprint density at radius 1 is 1.10 bits per heavy atom. The second-order valence-electron chi connectivity index (χ2n) is 10.1. The van der Waals surface area contributed by atoms with Crippen LogP contribution >= 0.6 is 23.8 Å². The van der Waals surface area contributed by atoms with Crippen LogP contribution in [0.1, 0.15) is 43.5 Å². The van der Waals surface area contributed by atoms with Crippen LogP contribution in [0.2, 0.25) is 5.02 Å². The predicted octanol–water partition coefficient (Wildman–Crippen LogP) is 4.59. The highest BCUT2D eigenvalue weighted by Gasteiger charge is 2.44. The number of nitrogens with zero attached hydrogens (tertiary/aromatic N) is 3. The maximum atomic E-state index is 13.7. The number of carbonyl (C=O) groups excluding carboxylic acids is 3. The number of esters is 1. The third kappa shape index (κ3) is 6.92. The number of piperidine rings is 1. The van der Waals surface area contributed by atoms with Crippen LogP contribution in [0.25, 0.3) is 0 Å². The van der Waals surface area contributed by atoms with Gasteiger partial charge in [0.1, 0.15) is 11.8 Å². The molecule has 9 nitrogen and oxygen atoms in total. The average molecular weight is 587 g/mol. The lowest BCUT2D eigenvalue weighted by Crippen LogP contribution is -2.44. The van der Waals surface area contributed by atoms with Gasteiger partial charge in [0.2, 0.25) is 5.91 Å². The van der Waals surface area contributed by atoms with E-state index >= 15 is 0 Å². The Labute approximate surface area is 245 Å². The Hall–Kier alpha value is -3.21. The number of hydrogen-bond donors (Lipinski definition) is 1. The Balaban J connectivity index is 1.50. The van der Waals surface area contributed by atoms with Crippen molar-refractivity contribution < 1.29 is 23.9 Å². The van der Waals surface area contributed by atoms with Gasteiger partial charge in [0.05, 0.1) is 36.4 Å². The number of methoxy groups -OCH3 is 1. The first-order valence-electron chi connectivity index (χ1n) is 13.5. The van der Waals surface area contributed by atoms with Crippen LogP contribution in [-0.2, 0) is 14.3 Å². The first-order chi connectivity index (χ1) is 19.2. The Morgan fingerprint density at radius 3 is 2.42 bits per heavy atom. The first kappa shape index (κ1) is 29.8. The third-order valence-electron chi connectivity index (χ3n) is 7.30. The molecule has 0 aromatic heterocycles. The Bertz CT molecular complexity index is 1250. The molecule has 0 radical (unpaired) electrons. The summed E-state index contributed by atoms with van der Waals surface area (Å²) in [5, 5.41) is 3.53. The smallest absolute Gasteiger partial charge is 0.338 e. The van der Waals surface area contributed by atoms with Crippen LogP contribution in [-0.4, -0.2) is 78.6 Å². The number of thiocarbonyl (C=S) groups is 1. The van der Waals surface area contributed by atoms with E-state index in [1.54, 1.807) is 49.4 Å². The highest BCUT2D eigenvalue weighted by Crippen LogP contribution is 2.33. The lowest BCUT2D eigenvalue weighted by Gasteiger charge is -2.32. The van der Waals surface area contributed by atoms with Gasteiger partial charge in [-0.1, -0.05) is 18.5 Å². The molecular weight excluding hydrogens is 552 g/mol. The van der Waals surface area contributed by atoms with E-state index in [1.807, 2.05) is 4.90 Å². The Kier molecular flexibility index (Phi) is 9.99. The number of amides is 2. The SMILES string of the molecule is CCOC(=O)c1ccc(NC(=O)C[C@H]2C(=O)N(c3ccc(OC)c(Cl)c3)C(=S)N2CCN2CCC(C)CC2)cc1. The van der Waals surface area contributed by atoms with Crippen molar-refractivity contribution in [3.63, 3.8) is 0 Å². The van der Waals surface area contributed by atoms with Gasteiger partial charge in [0.25, 0.3) is 5.91 Å². The van der Waals surface area contributed by atoms with Crippen LogP contribution < -0.4 is 15.0 Å². The number of likely N-dealkylation sites (tertiary alicyclic amines) is 1. The molecule has 2 aromatic rings. The van der Waals surface area contributed by atoms with Crippen molar-refractivity contribution in [3.05, 3.63) is 53.1 Å². The molecule has 2 amide bonds. The van der Waals surface area contributed by atoms with Crippen molar-refractivity contribution in [2.75, 3.05) is 50.1 Å². The molecule has 0 bridgehead atoms. The summed E-state index contributed by atoms with van der Waals surface area (Å²) in [7, 11) is 1.52. The third-order valence-corrected chi connectivity index (χ3v) is 8.02. The molecule has 214 valence electrons. The number of nitrogens with one attached hydrogen (secondary N) is 1. The molecule has 0 unspecified atom stereocenters. The number of carbonyl (C=O) groups is 3. The predicted molar refractivity (Wildman–Crippen MR) is 159 cm³/mol. The van der Waals surface area contributed by atoms with Crippen molar-refractivity contribution >= 4 is 58.1 Å². The minimum Gasteiger partial charge on any atom is -0.495 e. The summed E-state index contributed by atoms with van der Waals surface area (Å²) >= 11 is 12.1. The highest BCUT2D eigenvalue weighted by atomic mass is 35.5. The van der Waals surface area contributed by atoms with Crippen molar-refractivity contribution in [2.24, 2.45) is 5.92 Å². The Morgan fingerprint density at radius 2 is 1.80 bits per heavy atom. The van der Waals surface area contributed by atoms with E-state index in [2.05, 4.69) is 17.1 Å². The molecule has 1 N–H and O–H groups in total. The van der Waals surface area contributed by atoms with Crippen LogP contribution in [0, 0.1) is 5.92 Å². The molecule has 0 aliphatic carbocycles. The summed E-state index contributed by atoms with van der Waals surface area (Å²) < 4.78 is 10.3. The number of anilines is 2. The zero-order valence-corrected chi connectivity index (χ0v) is 24.6. The number of halogens is 1. The van der Waals surface area contributed by atoms with Crippen LogP contribution in [0.5, 0.6) is 5.75 Å². The molecule has 0 spiro atoms. The summed E-state index contributed by atoms with van der Waals surface area (Å²) in [6, 6.07) is 10.7. The zero-order valence-electron chi connectivity index (χ0n) is 23.0. The second kappa shape index (κ2) is 13.4. The molecule has 2 aliphatic rings. The normalized spacial score (nSPS) is 18.2. The summed E-state index contributed by atoms with van der Waals surface area (Å²) in [6.45, 7) is 7.55. The van der Waals surface area contributed by atoms with Gasteiger partial charge in [0.15, 0.2) is 5.11 Å². The minimum atomic E-state index is -0.768. The van der Waals surface area contributed by atoms with E-state index in [-0.39, 0.29) is 24.8 Å². The standard InChI is InChI=1S/C29H35ClN4O5S/c1-4-39-28(37)20-5-7-21(8-6-20)31-26(35)18-24-27(36)34(22-9-10-25(38-3)23(30)17-22)29(40)33(24)16-15-32-13-11-19(2)12-14-32/h5-10,17,19,24H,4,11-16,18H2,1-3H3,(H,31,35)/t24-/m0/s1. The average Bonchev–Trinajstić information content (AvgIpc) is 3.16. The first-order valence-corrected chi connectivity index (χ1v) is 14.3. The topological polar surface area (TPSA) is 91.4 Å². The van der Waals surface area contributed by atoms with Crippen molar-refractivity contribution in [1.82, 2.24) is 9.80 Å². The second-order valence-corrected chi connectivity index (χ2v) is 10.8. The van der Waals surface area contributed by atoms with Gasteiger partial charge in [-0.2, -0.15) is 0 Å². The van der Waals surface area contributed by atoms with E-state index in [1.165, 1.54) is 12.0 Å². The number of ether oxygens (including phenoxy) is 2. The maximum Gasteiger partial charge on any atom is 0.338 e. The fourth-order valence-electron chi connectivity index (χ4n) is 4.95. The molecule has 2 aliphatic heterocycles. The molecule has 0 saturated carbocycles. The lowest BCUT2D eigenvalue weighted by molar-refractivity contribution is -0.124. The van der Waals surface area contributed by atoms with E-state index in [4.69, 9.17) is 33.3 Å². The van der Waals surface area contributed by atoms with Gasteiger partial charge >= 0.3 is 5.97 Å². The van der Waals surface area contributed by atoms with Gasteiger partial charge in [-0.25, -0.2) is 4.79 Å². The molecule has 40 heavy (non-hydrogen) atoms. The molecule has 2 fully saturated rings. The van der Waals surface area contributed by atoms with Crippen molar-refractivity contribution in [3.8, 4) is 5.75 Å². The highest BCUT2D eigenvalue weighted by molar-refractivity contribution is 7.80. The summed E-state index contributed by atoms with van der Waals surface area (Å²) in [4.78, 5) is 44.4. The largest absolute Gasteiger partial charge is 0.495 e. The molecule has 2 saturated heterocycles. The van der Waals surface area contributed by atoms with Crippen LogP contribution in [0.3, 0.4) is 0 Å². The molecule has 1 atom stereocenters. The maximum absolute atomic E-state index is 13.7. The van der Waals surface area contributed by atoms with E-state index in [0.717, 1.165) is 32.5 Å². The van der Waals surface area contributed by atoms with Gasteiger partial charge in [-0.05, 0) is 93.5 Å². The lowest BCUT2D eigenvalue weighted by atomic mass is 9.99. The minimum absolute atomic E-state index is 0.0873. The fourth-order valence-corrected chi connectivity index (χ4v) is 5.61. The number of rotatable bonds is 10. The van der Waals surface area contributed by atoms with Gasteiger partial charge in [0, 0.05) is 18.8 Å². The molecule has 11 heteroatoms. The summed E-state index contributed by atoms with van der Waals surface area (Å²) in [5.41, 5.74) is 1.43. The molecule has 2 aromatic carbocycles. The summed E-state index contributed by atoms with van der Waals surface area (Å²) in [5.74, 6) is 0.151. The number of benzene rings is 2. The monoisotopic (exact) mass is 586 g/mol. The summed E-state index contributed by atoms with van der Waals surface area (Å²) in [6.07, 6.45) is 2.19. The molecule has 2 heterocycles. The van der Waals surface area contributed by atoms with Gasteiger partial charge in [-0.3, -0.25) is 14.5 Å². The zero-order chi connectivity index (χ0) is 28.8. The van der Waals surface area contributed by atoms with Gasteiger partial charge < -0.3 is 24.6 Å². The van der Waals surface area contributed by atoms with Crippen LogP contribution in [0.4, 0.5) is 11.4 Å². The van der Waals surface area contributed by atoms with E-state index in [9.17, 15) is 14.4 Å². The van der Waals surface area contributed by atoms with Crippen LogP contribution in [0.15, 0.2) is 42.5 Å². The van der Waals surface area contributed by atoms with E-state index in [0.29, 0.717) is 45.3 Å². The van der Waals surface area contributed by atoms with E-state index < -0.39 is 12.0 Å². The molecular formula is C29H35ClN4O5S. The van der Waals surface area contributed by atoms with Crippen molar-refractivity contribution in [2.45, 2.75) is 39.2 Å². The number of hydrogen-bond acceptors (Lipinski definition) is 7. The van der Waals surface area contributed by atoms with Gasteiger partial charge in [-0.15, -0.1) is 0 Å². The molecule has 4 rings (SSSR count). The van der Waals surface area contributed by atoms with Crippen molar-refractivity contribution in [1.29, 1.82) is 0 Å². The quantitative estimate of drug-likeness (QED) is 0.319.